The third-order valence-electron chi connectivity index (χ3n) is 4.77. The van der Waals surface area contributed by atoms with Gasteiger partial charge in [-0.15, -0.1) is 0 Å². The second kappa shape index (κ2) is 8.06. The molecule has 5 heteroatoms. The molecule has 136 valence electrons. The summed E-state index contributed by atoms with van der Waals surface area (Å²) in [5, 5.41) is 13.2. The van der Waals surface area contributed by atoms with Crippen molar-refractivity contribution < 1.29 is 14.8 Å². The van der Waals surface area contributed by atoms with Crippen LogP contribution in [0.3, 0.4) is 0 Å². The summed E-state index contributed by atoms with van der Waals surface area (Å²) in [4.78, 5) is 11.9. The van der Waals surface area contributed by atoms with Gasteiger partial charge in [-0.1, -0.05) is 41.9 Å². The Morgan fingerprint density at radius 1 is 1.12 bits per heavy atom. The first-order chi connectivity index (χ1) is 12.5. The molecule has 4 nitrogen and oxygen atoms in total. The smallest absolute Gasteiger partial charge is 0.336 e. The number of nitrogens with two attached hydrogens (primary N) is 1. The molecule has 0 amide bonds. The Hall–Kier alpha value is -2.11. The van der Waals surface area contributed by atoms with Crippen LogP contribution in [0.4, 0.5) is 0 Å². The minimum atomic E-state index is -0.388. The Labute approximate surface area is 161 Å². The van der Waals surface area contributed by atoms with E-state index in [1.807, 2.05) is 13.0 Å². The summed E-state index contributed by atoms with van der Waals surface area (Å²) >= 11 is 3.47. The van der Waals surface area contributed by atoms with E-state index < -0.39 is 0 Å². The van der Waals surface area contributed by atoms with Crippen molar-refractivity contribution in [1.82, 2.24) is 0 Å². The molecule has 0 saturated carbocycles. The van der Waals surface area contributed by atoms with Gasteiger partial charge in [-0.3, -0.25) is 0 Å². The third kappa shape index (κ3) is 4.00. The summed E-state index contributed by atoms with van der Waals surface area (Å²) in [7, 11) is 0. The molecule has 3 aromatic rings. The van der Waals surface area contributed by atoms with E-state index in [0.717, 1.165) is 33.8 Å². The fraction of sp³-hybridized carbons (Fsp3) is 0.286. The maximum Gasteiger partial charge on any atom is 0.336 e. The summed E-state index contributed by atoms with van der Waals surface area (Å²) in [6.45, 7) is 4.82. The van der Waals surface area contributed by atoms with Crippen LogP contribution in [-0.4, -0.2) is 5.11 Å². The van der Waals surface area contributed by atoms with E-state index in [2.05, 4.69) is 52.4 Å². The van der Waals surface area contributed by atoms with Crippen LogP contribution in [0.5, 0.6) is 5.75 Å². The van der Waals surface area contributed by atoms with Gasteiger partial charge >= 0.3 is 5.63 Å². The van der Waals surface area contributed by atoms with Gasteiger partial charge in [0.25, 0.3) is 0 Å². The van der Waals surface area contributed by atoms with Crippen molar-refractivity contribution in [2.45, 2.75) is 39.3 Å². The molecule has 1 aromatic heterocycles. The van der Waals surface area contributed by atoms with Crippen LogP contribution >= 0.6 is 15.9 Å². The maximum atomic E-state index is 11.9. The zero-order valence-corrected chi connectivity index (χ0v) is 16.5. The van der Waals surface area contributed by atoms with Crippen LogP contribution < -0.4 is 10.9 Å². The van der Waals surface area contributed by atoms with Crippen molar-refractivity contribution >= 4 is 26.9 Å². The summed E-state index contributed by atoms with van der Waals surface area (Å²) < 4.78 is 6.34. The summed E-state index contributed by atoms with van der Waals surface area (Å²) in [5.41, 5.74) is 3.09. The van der Waals surface area contributed by atoms with Gasteiger partial charge in [0.15, 0.2) is 0 Å². The van der Waals surface area contributed by atoms with E-state index in [1.54, 1.807) is 12.1 Å². The highest BCUT2D eigenvalue weighted by atomic mass is 79.9. The molecule has 0 aliphatic heterocycles. The van der Waals surface area contributed by atoms with E-state index in [4.69, 9.17) is 4.42 Å². The number of fused-ring (bicyclic) bond motifs is 1. The summed E-state index contributed by atoms with van der Waals surface area (Å²) in [6.07, 6.45) is 1.71. The Morgan fingerprint density at radius 2 is 1.85 bits per heavy atom. The molecule has 0 unspecified atom stereocenters. The molecule has 0 spiro atoms. The van der Waals surface area contributed by atoms with Gasteiger partial charge in [0.05, 0.1) is 0 Å². The molecular weight excluding hydrogens is 394 g/mol. The van der Waals surface area contributed by atoms with E-state index in [-0.39, 0.29) is 11.4 Å². The van der Waals surface area contributed by atoms with Gasteiger partial charge in [0.1, 0.15) is 23.9 Å². The molecule has 2 aromatic carbocycles. The number of aromatic hydroxyl groups is 1. The van der Waals surface area contributed by atoms with E-state index in [9.17, 15) is 9.90 Å². The second-order valence-electron chi connectivity index (χ2n) is 6.43. The largest absolute Gasteiger partial charge is 0.508 e. The van der Waals surface area contributed by atoms with Crippen LogP contribution in [0.15, 0.2) is 56.1 Å². The van der Waals surface area contributed by atoms with E-state index in [0.29, 0.717) is 18.2 Å². The van der Waals surface area contributed by atoms with Crippen molar-refractivity contribution in [1.29, 1.82) is 0 Å². The van der Waals surface area contributed by atoms with Gasteiger partial charge in [-0.25, -0.2) is 4.79 Å². The van der Waals surface area contributed by atoms with Gasteiger partial charge in [-0.2, -0.15) is 0 Å². The predicted molar refractivity (Wildman–Crippen MR) is 106 cm³/mol. The number of hydrogen-bond acceptors (Lipinski definition) is 3. The highest BCUT2D eigenvalue weighted by Crippen LogP contribution is 2.26. The molecule has 0 aliphatic rings. The van der Waals surface area contributed by atoms with Crippen molar-refractivity contribution in [3.05, 3.63) is 74.0 Å². The average molecular weight is 417 g/mol. The number of phenols is 1. The molecule has 3 N–H and O–H groups in total. The lowest BCUT2D eigenvalue weighted by Gasteiger charge is -2.15. The fourth-order valence-electron chi connectivity index (χ4n) is 3.28. The lowest BCUT2D eigenvalue weighted by atomic mass is 10.0. The second-order valence-corrected chi connectivity index (χ2v) is 7.34. The van der Waals surface area contributed by atoms with Gasteiger partial charge in [-0.05, 0) is 30.2 Å². The lowest BCUT2D eigenvalue weighted by molar-refractivity contribution is -0.711. The molecule has 3 rings (SSSR count). The number of quaternary nitrogens is 1. The molecule has 1 heterocycles. The molecular formula is C21H23BrNO3+. The van der Waals surface area contributed by atoms with Gasteiger partial charge in [0.2, 0.25) is 0 Å². The Balaban J connectivity index is 1.92. The number of benzene rings is 2. The Morgan fingerprint density at radius 3 is 2.50 bits per heavy atom. The van der Waals surface area contributed by atoms with Gasteiger partial charge < -0.3 is 14.8 Å². The van der Waals surface area contributed by atoms with Gasteiger partial charge in [0, 0.05) is 39.5 Å². The van der Waals surface area contributed by atoms with Crippen LogP contribution in [0, 0.1) is 0 Å². The Kier molecular flexibility index (Phi) is 5.79. The first kappa shape index (κ1) is 18.7. The molecule has 0 radical (unpaired) electrons. The standard InChI is InChI=1S/C21H22BrNO3/c1-3-13-9-17-15(10-21(25)26-20(17)11-19(13)24)12-23-18(4-2)14-5-7-16(22)8-6-14/h5-11,18,23-24H,3-4,12H2,1-2H3/p+1/t18-/m1/s1. The monoisotopic (exact) mass is 416 g/mol. The molecule has 26 heavy (non-hydrogen) atoms. The fourth-order valence-corrected chi connectivity index (χ4v) is 3.54. The zero-order chi connectivity index (χ0) is 18.7. The summed E-state index contributed by atoms with van der Waals surface area (Å²) in [6, 6.07) is 13.7. The number of rotatable bonds is 6. The Bertz CT molecular complexity index is 963. The van der Waals surface area contributed by atoms with Crippen molar-refractivity contribution in [2.24, 2.45) is 0 Å². The average Bonchev–Trinajstić information content (AvgIpc) is 2.62. The number of phenolic OH excluding ortho intramolecular Hbond substituents is 1. The highest BCUT2D eigenvalue weighted by molar-refractivity contribution is 9.10. The number of aryl methyl sites for hydroxylation is 1. The normalized spacial score (nSPS) is 12.4. The van der Waals surface area contributed by atoms with Crippen molar-refractivity contribution in [3.8, 4) is 5.75 Å². The molecule has 0 bridgehead atoms. The number of halogens is 1. The van der Waals surface area contributed by atoms with Crippen LogP contribution in [0.2, 0.25) is 0 Å². The van der Waals surface area contributed by atoms with Crippen LogP contribution in [0.1, 0.15) is 43.0 Å². The lowest BCUT2D eigenvalue weighted by Crippen LogP contribution is -2.83. The first-order valence-corrected chi connectivity index (χ1v) is 9.68. The minimum absolute atomic E-state index is 0.172. The first-order valence-electron chi connectivity index (χ1n) is 8.89. The molecule has 0 saturated heterocycles. The van der Waals surface area contributed by atoms with Crippen molar-refractivity contribution in [3.63, 3.8) is 0 Å². The van der Waals surface area contributed by atoms with Crippen molar-refractivity contribution in [2.75, 3.05) is 0 Å². The van der Waals surface area contributed by atoms with Crippen LogP contribution in [-0.2, 0) is 13.0 Å². The summed E-state index contributed by atoms with van der Waals surface area (Å²) in [5.74, 6) is 0.172. The topological polar surface area (TPSA) is 67.0 Å². The number of hydrogen-bond donors (Lipinski definition) is 2. The third-order valence-corrected chi connectivity index (χ3v) is 5.30. The zero-order valence-electron chi connectivity index (χ0n) is 15.0. The van der Waals surface area contributed by atoms with Crippen LogP contribution in [0.25, 0.3) is 11.0 Å². The minimum Gasteiger partial charge on any atom is -0.508 e. The SMILES string of the molecule is CCc1cc2c(C[NH2+][C@H](CC)c3ccc(Br)cc3)cc(=O)oc2cc1O. The molecule has 0 aliphatic carbocycles. The molecule has 0 fully saturated rings. The molecule has 1 atom stereocenters. The predicted octanol–water partition coefficient (Wildman–Crippen LogP) is 4.04. The van der Waals surface area contributed by atoms with E-state index in [1.165, 1.54) is 5.56 Å². The maximum absolute atomic E-state index is 11.9. The quantitative estimate of drug-likeness (QED) is 0.595. The highest BCUT2D eigenvalue weighted by Gasteiger charge is 2.15. The van der Waals surface area contributed by atoms with E-state index >= 15 is 0 Å².